The predicted molar refractivity (Wildman–Crippen MR) is 96.0 cm³/mol. The molecule has 3 amide bonds. The average Bonchev–Trinajstić information content (AvgIpc) is 2.54. The molecule has 0 fully saturated rings. The van der Waals surface area contributed by atoms with Gasteiger partial charge in [0.1, 0.15) is 0 Å². The van der Waals surface area contributed by atoms with Crippen LogP contribution in [0.15, 0.2) is 54.6 Å². The maximum atomic E-state index is 12.6. The molecule has 0 unspecified atom stereocenters. The highest BCUT2D eigenvalue weighted by Gasteiger charge is 2.28. The van der Waals surface area contributed by atoms with Crippen LogP contribution in [0.2, 0.25) is 5.02 Å². The normalized spacial score (nSPS) is 10.8. The van der Waals surface area contributed by atoms with Crippen LogP contribution in [0.3, 0.4) is 0 Å². The predicted octanol–water partition coefficient (Wildman–Crippen LogP) is 4.32. The lowest BCUT2D eigenvalue weighted by molar-refractivity contribution is 0.0687. The Morgan fingerprint density at radius 1 is 0.958 bits per heavy atom. The largest absolute Gasteiger partial charge is 0.341 e. The smallest absolute Gasteiger partial charge is 0.306 e. The molecular weight excluding hydrogens is 326 g/mol. The van der Waals surface area contributed by atoms with Gasteiger partial charge in [-0.2, -0.15) is 0 Å². The molecule has 6 heteroatoms. The fourth-order valence-electron chi connectivity index (χ4n) is 1.99. The number of nitrogens with zero attached hydrogens (tertiary/aromatic N) is 1. The summed E-state index contributed by atoms with van der Waals surface area (Å²) >= 11 is 5.84. The number of halogens is 1. The number of nitrogens with one attached hydrogen (secondary N) is 2. The van der Waals surface area contributed by atoms with Gasteiger partial charge in [0.15, 0.2) is 0 Å². The summed E-state index contributed by atoms with van der Waals surface area (Å²) in [6.45, 7) is 5.50. The van der Waals surface area contributed by atoms with Gasteiger partial charge in [-0.05, 0) is 57.2 Å². The number of carbonyl (C=O) groups is 2. The Morgan fingerprint density at radius 2 is 1.54 bits per heavy atom. The minimum absolute atomic E-state index is 0.350. The van der Waals surface area contributed by atoms with E-state index in [1.54, 1.807) is 48.5 Å². The zero-order chi connectivity index (χ0) is 17.7. The third-order valence-corrected chi connectivity index (χ3v) is 3.47. The molecule has 2 N–H and O–H groups in total. The van der Waals surface area contributed by atoms with E-state index < -0.39 is 11.6 Å². The molecule has 0 saturated carbocycles. The molecule has 0 bridgehead atoms. The van der Waals surface area contributed by atoms with Crippen molar-refractivity contribution in [1.82, 2.24) is 10.4 Å². The standard InChI is InChI=1S/C18H20ClN3O2/c1-18(2,3)22(21-16(23)13-7-5-4-6-8-13)17(24)20-15-11-9-14(19)10-12-15/h4-12H,1-3H3,(H,20,24)(H,21,23). The summed E-state index contributed by atoms with van der Waals surface area (Å²) in [6, 6.07) is 15.1. The second-order valence-electron chi connectivity index (χ2n) is 6.25. The summed E-state index contributed by atoms with van der Waals surface area (Å²) in [5.74, 6) is -0.350. The first kappa shape index (κ1) is 17.8. The molecule has 0 aliphatic rings. The lowest BCUT2D eigenvalue weighted by atomic mass is 10.1. The van der Waals surface area contributed by atoms with E-state index in [0.717, 1.165) is 0 Å². The van der Waals surface area contributed by atoms with E-state index in [4.69, 9.17) is 11.6 Å². The fraction of sp³-hybridized carbons (Fsp3) is 0.222. The zero-order valence-electron chi connectivity index (χ0n) is 13.8. The monoisotopic (exact) mass is 345 g/mol. The Kier molecular flexibility index (Phi) is 5.46. The zero-order valence-corrected chi connectivity index (χ0v) is 14.6. The molecule has 2 rings (SSSR count). The van der Waals surface area contributed by atoms with E-state index >= 15 is 0 Å². The third-order valence-electron chi connectivity index (χ3n) is 3.22. The van der Waals surface area contributed by atoms with E-state index in [9.17, 15) is 9.59 Å². The van der Waals surface area contributed by atoms with Crippen molar-refractivity contribution in [3.63, 3.8) is 0 Å². The van der Waals surface area contributed by atoms with Crippen molar-refractivity contribution >= 4 is 29.2 Å². The molecule has 5 nitrogen and oxygen atoms in total. The van der Waals surface area contributed by atoms with Crippen molar-refractivity contribution in [2.45, 2.75) is 26.3 Å². The summed E-state index contributed by atoms with van der Waals surface area (Å²) in [6.07, 6.45) is 0. The summed E-state index contributed by atoms with van der Waals surface area (Å²) in [5, 5.41) is 4.60. The maximum Gasteiger partial charge on any atom is 0.341 e. The van der Waals surface area contributed by atoms with E-state index in [1.807, 2.05) is 26.8 Å². The number of rotatable bonds is 2. The van der Waals surface area contributed by atoms with E-state index in [-0.39, 0.29) is 5.91 Å². The molecule has 0 saturated heterocycles. The number of hydrazine groups is 1. The van der Waals surface area contributed by atoms with Crippen LogP contribution in [0.1, 0.15) is 31.1 Å². The Hall–Kier alpha value is -2.53. The molecule has 24 heavy (non-hydrogen) atoms. The molecule has 0 aromatic heterocycles. The molecule has 0 aliphatic carbocycles. The minimum atomic E-state index is -0.610. The number of anilines is 1. The van der Waals surface area contributed by atoms with E-state index in [1.165, 1.54) is 5.01 Å². The van der Waals surface area contributed by atoms with E-state index in [0.29, 0.717) is 16.3 Å². The molecule has 0 heterocycles. The summed E-state index contributed by atoms with van der Waals surface area (Å²) < 4.78 is 0. The molecule has 0 atom stereocenters. The van der Waals surface area contributed by atoms with E-state index in [2.05, 4.69) is 10.7 Å². The third kappa shape index (κ3) is 4.73. The van der Waals surface area contributed by atoms with Gasteiger partial charge in [-0.3, -0.25) is 10.2 Å². The molecule has 0 aliphatic heterocycles. The Balaban J connectivity index is 2.14. The summed E-state index contributed by atoms with van der Waals surface area (Å²) in [5.41, 5.74) is 3.12. The number of carbonyl (C=O) groups excluding carboxylic acids is 2. The highest BCUT2D eigenvalue weighted by atomic mass is 35.5. The number of benzene rings is 2. The fourth-order valence-corrected chi connectivity index (χ4v) is 2.12. The van der Waals surface area contributed by atoms with Crippen molar-refractivity contribution in [2.24, 2.45) is 0 Å². The molecule has 126 valence electrons. The first-order valence-electron chi connectivity index (χ1n) is 7.50. The van der Waals surface area contributed by atoms with Crippen LogP contribution in [0.5, 0.6) is 0 Å². The van der Waals surface area contributed by atoms with Crippen LogP contribution >= 0.6 is 11.6 Å². The average molecular weight is 346 g/mol. The Labute approximate surface area is 146 Å². The van der Waals surface area contributed by atoms with Crippen molar-refractivity contribution in [3.8, 4) is 0 Å². The molecular formula is C18H20ClN3O2. The van der Waals surface area contributed by atoms with Crippen LogP contribution < -0.4 is 10.7 Å². The Morgan fingerprint density at radius 3 is 2.08 bits per heavy atom. The Bertz CT molecular complexity index is 709. The second-order valence-corrected chi connectivity index (χ2v) is 6.69. The first-order valence-corrected chi connectivity index (χ1v) is 7.88. The van der Waals surface area contributed by atoms with Gasteiger partial charge in [0.05, 0.1) is 5.54 Å². The van der Waals surface area contributed by atoms with Gasteiger partial charge in [0.2, 0.25) is 0 Å². The lowest BCUT2D eigenvalue weighted by Gasteiger charge is -2.35. The van der Waals surface area contributed by atoms with Crippen molar-refractivity contribution in [1.29, 1.82) is 0 Å². The maximum absolute atomic E-state index is 12.6. The van der Waals surface area contributed by atoms with Gasteiger partial charge < -0.3 is 5.32 Å². The van der Waals surface area contributed by atoms with Gasteiger partial charge in [-0.15, -0.1) is 0 Å². The number of hydrogen-bond acceptors (Lipinski definition) is 2. The number of urea groups is 1. The highest BCUT2D eigenvalue weighted by Crippen LogP contribution is 2.17. The first-order chi connectivity index (χ1) is 11.3. The quantitative estimate of drug-likeness (QED) is 0.796. The van der Waals surface area contributed by atoms with Gasteiger partial charge in [-0.1, -0.05) is 29.8 Å². The SMILES string of the molecule is CC(C)(C)N(NC(=O)c1ccccc1)C(=O)Nc1ccc(Cl)cc1. The lowest BCUT2D eigenvalue weighted by Crippen LogP contribution is -2.57. The van der Waals surface area contributed by atoms with Crippen LogP contribution in [0.4, 0.5) is 10.5 Å². The second kappa shape index (κ2) is 7.36. The van der Waals surface area contributed by atoms with Crippen LogP contribution in [-0.4, -0.2) is 22.5 Å². The van der Waals surface area contributed by atoms with Crippen molar-refractivity contribution in [2.75, 3.05) is 5.32 Å². The minimum Gasteiger partial charge on any atom is -0.306 e. The number of amides is 3. The molecule has 2 aromatic carbocycles. The molecule has 2 aromatic rings. The topological polar surface area (TPSA) is 61.4 Å². The van der Waals surface area contributed by atoms with Crippen LogP contribution in [0, 0.1) is 0 Å². The van der Waals surface area contributed by atoms with Crippen LogP contribution in [0.25, 0.3) is 0 Å². The van der Waals surface area contributed by atoms with Crippen molar-refractivity contribution in [3.05, 3.63) is 65.2 Å². The van der Waals surface area contributed by atoms with Crippen LogP contribution in [-0.2, 0) is 0 Å². The summed E-state index contributed by atoms with van der Waals surface area (Å²) in [7, 11) is 0. The van der Waals surface area contributed by atoms with Crippen molar-refractivity contribution < 1.29 is 9.59 Å². The van der Waals surface area contributed by atoms with Gasteiger partial charge in [0, 0.05) is 16.3 Å². The molecule has 0 spiro atoms. The van der Waals surface area contributed by atoms with Gasteiger partial charge in [-0.25, -0.2) is 9.80 Å². The highest BCUT2D eigenvalue weighted by molar-refractivity contribution is 6.30. The number of hydrogen-bond donors (Lipinski definition) is 2. The molecule has 0 radical (unpaired) electrons. The summed E-state index contributed by atoms with van der Waals surface area (Å²) in [4.78, 5) is 24.9. The van der Waals surface area contributed by atoms with Gasteiger partial charge >= 0.3 is 6.03 Å². The van der Waals surface area contributed by atoms with Gasteiger partial charge in [0.25, 0.3) is 5.91 Å².